The highest BCUT2D eigenvalue weighted by atomic mass is 35.5. The van der Waals surface area contributed by atoms with Crippen molar-refractivity contribution in [2.45, 2.75) is 13.1 Å². The van der Waals surface area contributed by atoms with E-state index in [2.05, 4.69) is 4.98 Å². The van der Waals surface area contributed by atoms with Gasteiger partial charge in [0.25, 0.3) is 0 Å². The van der Waals surface area contributed by atoms with Gasteiger partial charge in [-0.1, -0.05) is 29.8 Å². The van der Waals surface area contributed by atoms with Crippen molar-refractivity contribution in [3.8, 4) is 0 Å². The van der Waals surface area contributed by atoms with Crippen LogP contribution >= 0.6 is 11.6 Å². The highest BCUT2D eigenvalue weighted by Gasteiger charge is 2.11. The van der Waals surface area contributed by atoms with Crippen LogP contribution in [0.25, 0.3) is 0 Å². The molecule has 3 nitrogen and oxygen atoms in total. The largest absolute Gasteiger partial charge is 0.354 e. The Morgan fingerprint density at radius 2 is 2.11 bits per heavy atom. The summed E-state index contributed by atoms with van der Waals surface area (Å²) < 4.78 is 13.6. The van der Waals surface area contributed by atoms with Crippen molar-refractivity contribution >= 4 is 17.4 Å². The molecule has 2 N–H and O–H groups in total. The predicted octanol–water partition coefficient (Wildman–Crippen LogP) is 2.97. The number of pyridine rings is 1. The van der Waals surface area contributed by atoms with Gasteiger partial charge in [-0.2, -0.15) is 0 Å². The number of aromatic nitrogens is 1. The van der Waals surface area contributed by atoms with Crippen LogP contribution in [0.2, 0.25) is 5.02 Å². The van der Waals surface area contributed by atoms with Crippen molar-refractivity contribution in [3.05, 3.63) is 58.5 Å². The maximum absolute atomic E-state index is 13.6. The summed E-state index contributed by atoms with van der Waals surface area (Å²) in [5.41, 5.74) is 7.00. The Bertz CT molecular complexity index is 574. The Balaban J connectivity index is 2.21. The summed E-state index contributed by atoms with van der Waals surface area (Å²) in [5, 5.41) is 0.516. The standard InChI is InChI=1S/C14H15ClFN3/c1-19(9-11-4-2-3-5-13(11)16)14-12(15)6-10(7-17)8-18-14/h2-6,8H,7,9,17H2,1H3. The van der Waals surface area contributed by atoms with Crippen LogP contribution in [-0.4, -0.2) is 12.0 Å². The molecule has 5 heteroatoms. The number of nitrogens with zero attached hydrogens (tertiary/aromatic N) is 2. The van der Waals surface area contributed by atoms with Gasteiger partial charge in [-0.25, -0.2) is 9.37 Å². The second-order valence-electron chi connectivity index (χ2n) is 4.30. The first-order chi connectivity index (χ1) is 9.11. The minimum Gasteiger partial charge on any atom is -0.354 e. The van der Waals surface area contributed by atoms with E-state index in [1.165, 1.54) is 6.07 Å². The van der Waals surface area contributed by atoms with Crippen molar-refractivity contribution in [1.29, 1.82) is 0 Å². The fraction of sp³-hybridized carbons (Fsp3) is 0.214. The molecule has 0 amide bonds. The number of rotatable bonds is 4. The highest BCUT2D eigenvalue weighted by Crippen LogP contribution is 2.24. The van der Waals surface area contributed by atoms with E-state index in [1.807, 2.05) is 7.05 Å². The predicted molar refractivity (Wildman–Crippen MR) is 75.6 cm³/mol. The van der Waals surface area contributed by atoms with E-state index in [-0.39, 0.29) is 5.82 Å². The van der Waals surface area contributed by atoms with E-state index in [1.54, 1.807) is 35.4 Å². The zero-order valence-corrected chi connectivity index (χ0v) is 11.4. The minimum atomic E-state index is -0.232. The topological polar surface area (TPSA) is 42.2 Å². The molecule has 1 aromatic heterocycles. The van der Waals surface area contributed by atoms with E-state index in [4.69, 9.17) is 17.3 Å². The highest BCUT2D eigenvalue weighted by molar-refractivity contribution is 6.33. The molecule has 0 aliphatic carbocycles. The third-order valence-electron chi connectivity index (χ3n) is 2.84. The first kappa shape index (κ1) is 13.8. The molecule has 0 unspecified atom stereocenters. The zero-order chi connectivity index (χ0) is 13.8. The Labute approximate surface area is 116 Å². The van der Waals surface area contributed by atoms with Crippen LogP contribution < -0.4 is 10.6 Å². The van der Waals surface area contributed by atoms with E-state index in [0.29, 0.717) is 29.5 Å². The lowest BCUT2D eigenvalue weighted by Crippen LogP contribution is -2.19. The summed E-state index contributed by atoms with van der Waals surface area (Å²) in [7, 11) is 1.82. The summed E-state index contributed by atoms with van der Waals surface area (Å²) in [6.45, 7) is 0.797. The third kappa shape index (κ3) is 3.22. The summed E-state index contributed by atoms with van der Waals surface area (Å²) >= 11 is 6.16. The van der Waals surface area contributed by atoms with Gasteiger partial charge in [0, 0.05) is 31.9 Å². The molecule has 0 bridgehead atoms. The van der Waals surface area contributed by atoms with Crippen LogP contribution in [0, 0.1) is 5.82 Å². The van der Waals surface area contributed by atoms with Crippen molar-refractivity contribution in [2.24, 2.45) is 5.73 Å². The van der Waals surface area contributed by atoms with Gasteiger partial charge < -0.3 is 10.6 Å². The Hall–Kier alpha value is -1.65. The molecule has 0 fully saturated rings. The SMILES string of the molecule is CN(Cc1ccccc1F)c1ncc(CN)cc1Cl. The summed E-state index contributed by atoms with van der Waals surface area (Å²) in [6.07, 6.45) is 1.68. The molecular formula is C14H15ClFN3. The molecule has 0 saturated carbocycles. The molecular weight excluding hydrogens is 265 g/mol. The lowest BCUT2D eigenvalue weighted by Gasteiger charge is -2.20. The molecule has 2 rings (SSSR count). The van der Waals surface area contributed by atoms with Crippen LogP contribution in [0.5, 0.6) is 0 Å². The van der Waals surface area contributed by atoms with Crippen LogP contribution in [0.1, 0.15) is 11.1 Å². The van der Waals surface area contributed by atoms with Gasteiger partial charge in [-0.15, -0.1) is 0 Å². The molecule has 0 saturated heterocycles. The molecule has 0 atom stereocenters. The zero-order valence-electron chi connectivity index (χ0n) is 10.6. The fourth-order valence-corrected chi connectivity index (χ4v) is 2.15. The third-order valence-corrected chi connectivity index (χ3v) is 3.12. The number of hydrogen-bond acceptors (Lipinski definition) is 3. The number of hydrogen-bond donors (Lipinski definition) is 1. The van der Waals surface area contributed by atoms with Gasteiger partial charge in [-0.05, 0) is 17.7 Å². The summed E-state index contributed by atoms with van der Waals surface area (Å²) in [5.74, 6) is 0.381. The molecule has 2 aromatic rings. The van der Waals surface area contributed by atoms with E-state index in [9.17, 15) is 4.39 Å². The van der Waals surface area contributed by atoms with Crippen LogP contribution in [-0.2, 0) is 13.1 Å². The van der Waals surface area contributed by atoms with E-state index < -0.39 is 0 Å². The second kappa shape index (κ2) is 5.99. The van der Waals surface area contributed by atoms with Gasteiger partial charge in [0.2, 0.25) is 0 Å². The van der Waals surface area contributed by atoms with Gasteiger partial charge in [0.15, 0.2) is 0 Å². The Morgan fingerprint density at radius 3 is 2.74 bits per heavy atom. The fourth-order valence-electron chi connectivity index (χ4n) is 1.82. The lowest BCUT2D eigenvalue weighted by molar-refractivity contribution is 0.607. The van der Waals surface area contributed by atoms with Crippen molar-refractivity contribution in [2.75, 3.05) is 11.9 Å². The first-order valence-electron chi connectivity index (χ1n) is 5.91. The first-order valence-corrected chi connectivity index (χ1v) is 6.28. The van der Waals surface area contributed by atoms with Gasteiger partial charge >= 0.3 is 0 Å². The number of benzene rings is 1. The average molecular weight is 280 g/mol. The average Bonchev–Trinajstić information content (AvgIpc) is 2.41. The molecule has 0 radical (unpaired) electrons. The van der Waals surface area contributed by atoms with Crippen molar-refractivity contribution in [3.63, 3.8) is 0 Å². The second-order valence-corrected chi connectivity index (χ2v) is 4.71. The smallest absolute Gasteiger partial charge is 0.147 e. The van der Waals surface area contributed by atoms with Crippen molar-refractivity contribution in [1.82, 2.24) is 4.98 Å². The number of anilines is 1. The molecule has 0 aliphatic heterocycles. The summed E-state index contributed by atoms with van der Waals surface area (Å²) in [4.78, 5) is 6.07. The maximum atomic E-state index is 13.6. The Morgan fingerprint density at radius 1 is 1.37 bits per heavy atom. The lowest BCUT2D eigenvalue weighted by atomic mass is 10.2. The quantitative estimate of drug-likeness (QED) is 0.936. The molecule has 19 heavy (non-hydrogen) atoms. The van der Waals surface area contributed by atoms with Gasteiger partial charge in [0.1, 0.15) is 11.6 Å². The van der Waals surface area contributed by atoms with Gasteiger partial charge in [0.05, 0.1) is 5.02 Å². The monoisotopic (exact) mass is 279 g/mol. The van der Waals surface area contributed by atoms with Crippen molar-refractivity contribution < 1.29 is 4.39 Å². The molecule has 1 aromatic carbocycles. The van der Waals surface area contributed by atoms with Crippen LogP contribution in [0.4, 0.5) is 10.2 Å². The van der Waals surface area contributed by atoms with E-state index >= 15 is 0 Å². The van der Waals surface area contributed by atoms with Crippen LogP contribution in [0.15, 0.2) is 36.5 Å². The number of nitrogens with two attached hydrogens (primary N) is 1. The molecule has 0 aliphatic rings. The molecule has 100 valence electrons. The summed E-state index contributed by atoms with van der Waals surface area (Å²) in [6, 6.07) is 8.43. The van der Waals surface area contributed by atoms with Crippen LogP contribution in [0.3, 0.4) is 0 Å². The minimum absolute atomic E-state index is 0.232. The number of halogens is 2. The molecule has 1 heterocycles. The van der Waals surface area contributed by atoms with E-state index in [0.717, 1.165) is 5.56 Å². The Kier molecular flexibility index (Phi) is 4.35. The normalized spacial score (nSPS) is 10.5. The maximum Gasteiger partial charge on any atom is 0.147 e. The van der Waals surface area contributed by atoms with Gasteiger partial charge in [-0.3, -0.25) is 0 Å². The molecule has 0 spiro atoms.